The van der Waals surface area contributed by atoms with Gasteiger partial charge in [-0.1, -0.05) is 12.1 Å². The lowest BCUT2D eigenvalue weighted by atomic mass is 10.1. The van der Waals surface area contributed by atoms with Gasteiger partial charge in [0.25, 0.3) is 0 Å². The molecule has 172 valence electrons. The summed E-state index contributed by atoms with van der Waals surface area (Å²) >= 11 is 0. The molecule has 1 aliphatic heterocycles. The number of halogens is 1. The third kappa shape index (κ3) is 5.39. The highest BCUT2D eigenvalue weighted by Gasteiger charge is 2.18. The lowest BCUT2D eigenvalue weighted by molar-refractivity contribution is -0.120. The molecule has 2 aromatic carbocycles. The van der Waals surface area contributed by atoms with E-state index in [1.807, 2.05) is 43.0 Å². The Kier molecular flexibility index (Phi) is 6.72. The van der Waals surface area contributed by atoms with E-state index in [1.165, 1.54) is 12.1 Å². The maximum atomic E-state index is 13.2. The normalized spacial score (nSPS) is 13.2. The van der Waals surface area contributed by atoms with Crippen LogP contribution >= 0.6 is 0 Å². The van der Waals surface area contributed by atoms with Crippen molar-refractivity contribution in [2.24, 2.45) is 0 Å². The molecule has 0 saturated carbocycles. The molecule has 4 rings (SSSR count). The summed E-state index contributed by atoms with van der Waals surface area (Å²) < 4.78 is 15.0. The summed E-state index contributed by atoms with van der Waals surface area (Å²) in [6.45, 7) is 5.70. The summed E-state index contributed by atoms with van der Waals surface area (Å²) in [5, 5.41) is 10.4. The standard InChI is InChI=1S/C25H28FN5O2/c1-17-23(18(2)31(29-17)22-10-8-20(26)9-11-22)15-24(32)27-16-19-6-5-7-21(14-19)28-25(33)30-12-3-4-13-30/h5-11,14H,3-4,12-13,15-16H2,1-2H3,(H,27,32)(H,28,33). The van der Waals surface area contributed by atoms with Crippen LogP contribution in [0.15, 0.2) is 48.5 Å². The van der Waals surface area contributed by atoms with Gasteiger partial charge in [-0.25, -0.2) is 13.9 Å². The van der Waals surface area contributed by atoms with Crippen LogP contribution in [0.2, 0.25) is 0 Å². The van der Waals surface area contributed by atoms with Crippen molar-refractivity contribution in [2.45, 2.75) is 39.7 Å². The lowest BCUT2D eigenvalue weighted by Gasteiger charge is -2.16. The van der Waals surface area contributed by atoms with Crippen LogP contribution in [-0.2, 0) is 17.8 Å². The van der Waals surface area contributed by atoms with Gasteiger partial charge in [-0.05, 0) is 68.7 Å². The summed E-state index contributed by atoms with van der Waals surface area (Å²) in [6.07, 6.45) is 2.28. The number of hydrogen-bond donors (Lipinski definition) is 2. The van der Waals surface area contributed by atoms with E-state index in [2.05, 4.69) is 15.7 Å². The number of likely N-dealkylation sites (tertiary alicyclic amines) is 1. The number of nitrogens with one attached hydrogen (secondary N) is 2. The largest absolute Gasteiger partial charge is 0.352 e. The zero-order valence-corrected chi connectivity index (χ0v) is 18.9. The molecule has 0 unspecified atom stereocenters. The van der Waals surface area contributed by atoms with E-state index in [9.17, 15) is 14.0 Å². The SMILES string of the molecule is Cc1nn(-c2ccc(F)cc2)c(C)c1CC(=O)NCc1cccc(NC(=O)N2CCCC2)c1. The number of amides is 3. The van der Waals surface area contributed by atoms with Crippen LogP contribution in [0.5, 0.6) is 0 Å². The monoisotopic (exact) mass is 449 g/mol. The van der Waals surface area contributed by atoms with E-state index in [-0.39, 0.29) is 24.2 Å². The molecule has 0 atom stereocenters. The maximum Gasteiger partial charge on any atom is 0.321 e. The van der Waals surface area contributed by atoms with Gasteiger partial charge in [0.2, 0.25) is 5.91 Å². The predicted molar refractivity (Wildman–Crippen MR) is 125 cm³/mol. The zero-order valence-electron chi connectivity index (χ0n) is 18.9. The van der Waals surface area contributed by atoms with Crippen LogP contribution in [0.1, 0.15) is 35.4 Å². The molecule has 1 aliphatic rings. The topological polar surface area (TPSA) is 79.3 Å². The minimum Gasteiger partial charge on any atom is -0.352 e. The van der Waals surface area contributed by atoms with Crippen LogP contribution in [0.3, 0.4) is 0 Å². The van der Waals surface area contributed by atoms with Crippen molar-refractivity contribution in [3.8, 4) is 5.69 Å². The number of nitrogens with zero attached hydrogens (tertiary/aromatic N) is 3. The predicted octanol–water partition coefficient (Wildman–Crippen LogP) is 4.11. The number of rotatable bonds is 6. The highest BCUT2D eigenvalue weighted by Crippen LogP contribution is 2.19. The highest BCUT2D eigenvalue weighted by atomic mass is 19.1. The van der Waals surface area contributed by atoms with Crippen molar-refractivity contribution in [1.82, 2.24) is 20.0 Å². The molecule has 0 spiro atoms. The van der Waals surface area contributed by atoms with Crippen molar-refractivity contribution >= 4 is 17.6 Å². The van der Waals surface area contributed by atoms with Gasteiger partial charge < -0.3 is 15.5 Å². The van der Waals surface area contributed by atoms with Crippen LogP contribution in [-0.4, -0.2) is 39.7 Å². The third-order valence-electron chi connectivity index (χ3n) is 5.91. The molecular weight excluding hydrogens is 421 g/mol. The Morgan fingerprint density at radius 1 is 1.06 bits per heavy atom. The smallest absolute Gasteiger partial charge is 0.321 e. The number of anilines is 1. The van der Waals surface area contributed by atoms with Gasteiger partial charge in [0.05, 0.1) is 17.8 Å². The number of aromatic nitrogens is 2. The summed E-state index contributed by atoms with van der Waals surface area (Å²) in [4.78, 5) is 26.8. The van der Waals surface area contributed by atoms with E-state index in [0.29, 0.717) is 12.2 Å². The lowest BCUT2D eigenvalue weighted by Crippen LogP contribution is -2.32. The highest BCUT2D eigenvalue weighted by molar-refractivity contribution is 5.89. The Balaban J connectivity index is 1.36. The molecule has 0 aliphatic carbocycles. The summed E-state index contributed by atoms with van der Waals surface area (Å²) in [6, 6.07) is 13.5. The molecule has 3 aromatic rings. The van der Waals surface area contributed by atoms with Crippen molar-refractivity contribution < 1.29 is 14.0 Å². The Morgan fingerprint density at radius 3 is 2.52 bits per heavy atom. The van der Waals surface area contributed by atoms with E-state index in [4.69, 9.17) is 0 Å². The average Bonchev–Trinajstić information content (AvgIpc) is 3.43. The van der Waals surface area contributed by atoms with Gasteiger partial charge in [-0.2, -0.15) is 5.10 Å². The second kappa shape index (κ2) is 9.85. The molecule has 8 heteroatoms. The van der Waals surface area contributed by atoms with E-state index >= 15 is 0 Å². The quantitative estimate of drug-likeness (QED) is 0.594. The summed E-state index contributed by atoms with van der Waals surface area (Å²) in [5.41, 5.74) is 4.82. The van der Waals surface area contributed by atoms with E-state index in [0.717, 1.165) is 54.1 Å². The van der Waals surface area contributed by atoms with Crippen molar-refractivity contribution in [3.63, 3.8) is 0 Å². The minimum atomic E-state index is -0.306. The van der Waals surface area contributed by atoms with Gasteiger partial charge in [-0.15, -0.1) is 0 Å². The van der Waals surface area contributed by atoms with Crippen LogP contribution in [0.4, 0.5) is 14.9 Å². The first kappa shape index (κ1) is 22.5. The molecule has 3 amide bonds. The van der Waals surface area contributed by atoms with Crippen molar-refractivity contribution in [1.29, 1.82) is 0 Å². The molecule has 2 heterocycles. The number of aryl methyl sites for hydroxylation is 1. The first-order valence-corrected chi connectivity index (χ1v) is 11.1. The third-order valence-corrected chi connectivity index (χ3v) is 5.91. The van der Waals surface area contributed by atoms with Crippen LogP contribution in [0.25, 0.3) is 5.69 Å². The Hall–Kier alpha value is -3.68. The van der Waals surface area contributed by atoms with Gasteiger partial charge in [0, 0.05) is 36.6 Å². The van der Waals surface area contributed by atoms with Crippen LogP contribution in [0, 0.1) is 19.7 Å². The second-order valence-corrected chi connectivity index (χ2v) is 8.32. The molecule has 0 radical (unpaired) electrons. The van der Waals surface area contributed by atoms with Gasteiger partial charge in [0.15, 0.2) is 0 Å². The first-order valence-electron chi connectivity index (χ1n) is 11.1. The van der Waals surface area contributed by atoms with Gasteiger partial charge >= 0.3 is 6.03 Å². The Bertz CT molecular complexity index is 1150. The molecular formula is C25H28FN5O2. The molecule has 33 heavy (non-hydrogen) atoms. The fourth-order valence-electron chi connectivity index (χ4n) is 4.07. The zero-order chi connectivity index (χ0) is 23.4. The fraction of sp³-hybridized carbons (Fsp3) is 0.320. The first-order chi connectivity index (χ1) is 15.9. The Labute approximate surface area is 192 Å². The number of carbonyl (C=O) groups excluding carboxylic acids is 2. The second-order valence-electron chi connectivity index (χ2n) is 8.32. The molecule has 2 N–H and O–H groups in total. The summed E-state index contributed by atoms with van der Waals surface area (Å²) in [7, 11) is 0. The molecule has 1 saturated heterocycles. The molecule has 1 aromatic heterocycles. The fourth-order valence-corrected chi connectivity index (χ4v) is 4.07. The average molecular weight is 450 g/mol. The number of carbonyl (C=O) groups is 2. The van der Waals surface area contributed by atoms with Gasteiger partial charge in [0.1, 0.15) is 5.82 Å². The Morgan fingerprint density at radius 2 is 1.79 bits per heavy atom. The minimum absolute atomic E-state index is 0.0854. The van der Waals surface area contributed by atoms with Crippen LogP contribution < -0.4 is 10.6 Å². The maximum absolute atomic E-state index is 13.2. The molecule has 0 bridgehead atoms. The molecule has 7 nitrogen and oxygen atoms in total. The van der Waals surface area contributed by atoms with Crippen molar-refractivity contribution in [2.75, 3.05) is 18.4 Å². The number of hydrogen-bond acceptors (Lipinski definition) is 3. The number of benzene rings is 2. The van der Waals surface area contributed by atoms with Gasteiger partial charge in [-0.3, -0.25) is 4.79 Å². The van der Waals surface area contributed by atoms with Crippen molar-refractivity contribution in [3.05, 3.63) is 76.9 Å². The number of urea groups is 1. The van der Waals surface area contributed by atoms with E-state index < -0.39 is 0 Å². The summed E-state index contributed by atoms with van der Waals surface area (Å²) in [5.74, 6) is -0.425. The van der Waals surface area contributed by atoms with E-state index in [1.54, 1.807) is 16.8 Å². The molecule has 1 fully saturated rings.